The molecule has 0 bridgehead atoms. The lowest BCUT2D eigenvalue weighted by Gasteiger charge is -2.28. The van der Waals surface area contributed by atoms with Gasteiger partial charge < -0.3 is 13.6 Å². The van der Waals surface area contributed by atoms with Crippen LogP contribution in [0.15, 0.2) is 0 Å². The third-order valence-electron chi connectivity index (χ3n) is 2.28. The van der Waals surface area contributed by atoms with Crippen LogP contribution in [0.25, 0.3) is 0 Å². The molecule has 0 fully saturated rings. The van der Waals surface area contributed by atoms with Crippen molar-refractivity contribution in [2.24, 2.45) is 0 Å². The van der Waals surface area contributed by atoms with E-state index in [2.05, 4.69) is 13.8 Å². The van der Waals surface area contributed by atoms with Crippen molar-refractivity contribution in [2.45, 2.75) is 39.8 Å². The Morgan fingerprint density at radius 2 is 1.43 bits per heavy atom. The second-order valence-corrected chi connectivity index (χ2v) is 6.91. The van der Waals surface area contributed by atoms with Crippen LogP contribution in [0.4, 0.5) is 0 Å². The van der Waals surface area contributed by atoms with Gasteiger partial charge in [0.2, 0.25) is 0 Å². The molecule has 0 aromatic heterocycles. The number of hydrogen-bond acceptors (Lipinski definition) is 3. The van der Waals surface area contributed by atoms with E-state index in [4.69, 9.17) is 13.6 Å². The van der Waals surface area contributed by atoms with Crippen molar-refractivity contribution in [2.75, 3.05) is 26.4 Å². The van der Waals surface area contributed by atoms with Crippen molar-refractivity contribution < 1.29 is 13.6 Å². The van der Waals surface area contributed by atoms with Crippen LogP contribution >= 0.6 is 0 Å². The van der Waals surface area contributed by atoms with Crippen molar-refractivity contribution in [3.8, 4) is 0 Å². The Balaban J connectivity index is 3.82. The second-order valence-electron chi connectivity index (χ2n) is 3.10. The van der Waals surface area contributed by atoms with Gasteiger partial charge in [-0.15, -0.1) is 0 Å². The molecule has 4 heteroatoms. The van der Waals surface area contributed by atoms with Gasteiger partial charge in [-0.1, -0.05) is 13.8 Å². The zero-order valence-corrected chi connectivity index (χ0v) is 11.0. The van der Waals surface area contributed by atoms with Crippen molar-refractivity contribution in [1.29, 1.82) is 0 Å². The van der Waals surface area contributed by atoms with Crippen LogP contribution in [-0.4, -0.2) is 35.0 Å². The Bertz CT molecular complexity index is 127. The van der Waals surface area contributed by atoms with Crippen molar-refractivity contribution in [3.63, 3.8) is 0 Å². The lowest BCUT2D eigenvalue weighted by atomic mass is 10.8. The maximum atomic E-state index is 5.86. The summed E-state index contributed by atoms with van der Waals surface area (Å²) < 4.78 is 16.9. The third kappa shape index (κ3) is 5.10. The van der Waals surface area contributed by atoms with Gasteiger partial charge in [0.25, 0.3) is 0 Å². The largest absolute Gasteiger partial charge is 0.395 e. The van der Waals surface area contributed by atoms with Gasteiger partial charge in [0.1, 0.15) is 0 Å². The maximum Gasteiger partial charge on any atom is 0.337 e. The highest BCUT2D eigenvalue weighted by atomic mass is 28.4. The van der Waals surface area contributed by atoms with Crippen LogP contribution < -0.4 is 0 Å². The quantitative estimate of drug-likeness (QED) is 0.441. The standard InChI is InChI=1S/C10H24O3Si/c1-5-11-9-10-13-14(7-3,8-4)12-6-2/h5-10H2,1-4H3. The molecule has 0 atom stereocenters. The Morgan fingerprint density at radius 3 is 1.86 bits per heavy atom. The molecule has 3 nitrogen and oxygen atoms in total. The highest BCUT2D eigenvalue weighted by Crippen LogP contribution is 2.17. The fraction of sp³-hybridized carbons (Fsp3) is 1.00. The molecule has 0 amide bonds. The molecular weight excluding hydrogens is 196 g/mol. The Kier molecular flexibility index (Phi) is 8.47. The summed E-state index contributed by atoms with van der Waals surface area (Å²) in [5.41, 5.74) is 0. The number of hydrogen-bond donors (Lipinski definition) is 0. The molecule has 0 saturated carbocycles. The van der Waals surface area contributed by atoms with Crippen LogP contribution in [0.5, 0.6) is 0 Å². The molecule has 0 rings (SSSR count). The molecule has 0 aliphatic rings. The average Bonchev–Trinajstić information content (AvgIpc) is 2.23. The molecule has 86 valence electrons. The maximum absolute atomic E-state index is 5.86. The van der Waals surface area contributed by atoms with Crippen molar-refractivity contribution in [3.05, 3.63) is 0 Å². The minimum absolute atomic E-state index is 0.668. The van der Waals surface area contributed by atoms with E-state index in [-0.39, 0.29) is 0 Å². The van der Waals surface area contributed by atoms with Crippen LogP contribution in [0.1, 0.15) is 27.7 Å². The lowest BCUT2D eigenvalue weighted by Crippen LogP contribution is -2.41. The van der Waals surface area contributed by atoms with E-state index in [9.17, 15) is 0 Å². The van der Waals surface area contributed by atoms with Crippen molar-refractivity contribution in [1.82, 2.24) is 0 Å². The lowest BCUT2D eigenvalue weighted by molar-refractivity contribution is 0.0865. The molecule has 0 saturated heterocycles. The second kappa shape index (κ2) is 8.41. The zero-order chi connectivity index (χ0) is 10.9. The van der Waals surface area contributed by atoms with Crippen LogP contribution in [0.2, 0.25) is 12.1 Å². The van der Waals surface area contributed by atoms with Crippen LogP contribution in [-0.2, 0) is 13.6 Å². The highest BCUT2D eigenvalue weighted by Gasteiger charge is 2.32. The van der Waals surface area contributed by atoms with Gasteiger partial charge in [-0.3, -0.25) is 0 Å². The SMILES string of the molecule is CCOCCO[Si](CC)(CC)OCC. The first-order valence-corrected chi connectivity index (χ1v) is 7.83. The van der Waals surface area contributed by atoms with Gasteiger partial charge in [0.05, 0.1) is 13.2 Å². The Hall–Kier alpha value is 0.0969. The fourth-order valence-corrected chi connectivity index (χ4v) is 3.78. The van der Waals surface area contributed by atoms with Crippen LogP contribution in [0, 0.1) is 0 Å². The summed E-state index contributed by atoms with van der Waals surface area (Å²) >= 11 is 0. The molecule has 0 aromatic rings. The van der Waals surface area contributed by atoms with E-state index < -0.39 is 8.56 Å². The average molecular weight is 220 g/mol. The van der Waals surface area contributed by atoms with Gasteiger partial charge in [0.15, 0.2) is 0 Å². The molecule has 0 unspecified atom stereocenters. The van der Waals surface area contributed by atoms with E-state index in [1.54, 1.807) is 0 Å². The summed E-state index contributed by atoms with van der Waals surface area (Å²) in [4.78, 5) is 0. The van der Waals surface area contributed by atoms with Gasteiger partial charge in [-0.2, -0.15) is 0 Å². The summed E-state index contributed by atoms with van der Waals surface area (Å²) in [5.74, 6) is 0. The molecule has 0 aliphatic heterocycles. The summed E-state index contributed by atoms with van der Waals surface area (Å²) in [6.45, 7) is 11.2. The van der Waals surface area contributed by atoms with E-state index in [1.165, 1.54) is 0 Å². The van der Waals surface area contributed by atoms with Crippen LogP contribution in [0.3, 0.4) is 0 Å². The minimum atomic E-state index is -1.87. The molecule has 0 spiro atoms. The summed E-state index contributed by atoms with van der Waals surface area (Å²) in [6, 6.07) is 2.03. The third-order valence-corrected chi connectivity index (χ3v) is 5.98. The first-order valence-electron chi connectivity index (χ1n) is 5.60. The minimum Gasteiger partial charge on any atom is -0.395 e. The molecule has 0 aliphatic carbocycles. The van der Waals surface area contributed by atoms with E-state index in [0.717, 1.165) is 25.3 Å². The Labute approximate surface area is 89.0 Å². The van der Waals surface area contributed by atoms with E-state index in [1.807, 2.05) is 13.8 Å². The number of ether oxygens (including phenoxy) is 1. The zero-order valence-electron chi connectivity index (χ0n) is 9.97. The fourth-order valence-electron chi connectivity index (χ4n) is 1.39. The van der Waals surface area contributed by atoms with E-state index in [0.29, 0.717) is 13.2 Å². The predicted molar refractivity (Wildman–Crippen MR) is 60.8 cm³/mol. The molecule has 0 radical (unpaired) electrons. The molecule has 14 heavy (non-hydrogen) atoms. The monoisotopic (exact) mass is 220 g/mol. The van der Waals surface area contributed by atoms with Crippen molar-refractivity contribution >= 4 is 8.56 Å². The first kappa shape index (κ1) is 14.1. The number of rotatable bonds is 9. The molecule has 0 N–H and O–H groups in total. The van der Waals surface area contributed by atoms with Gasteiger partial charge in [0, 0.05) is 13.2 Å². The van der Waals surface area contributed by atoms with Gasteiger partial charge >= 0.3 is 8.56 Å². The summed E-state index contributed by atoms with van der Waals surface area (Å²) in [7, 11) is -1.87. The molecular formula is C10H24O3Si. The Morgan fingerprint density at radius 1 is 0.786 bits per heavy atom. The molecule has 0 heterocycles. The van der Waals surface area contributed by atoms with Gasteiger partial charge in [-0.25, -0.2) is 0 Å². The smallest absolute Gasteiger partial charge is 0.337 e. The molecule has 0 aromatic carbocycles. The normalized spacial score (nSPS) is 12.0. The predicted octanol–water partition coefficient (Wildman–Crippen LogP) is 2.56. The van der Waals surface area contributed by atoms with E-state index >= 15 is 0 Å². The summed E-state index contributed by atoms with van der Waals surface area (Å²) in [6.07, 6.45) is 0. The topological polar surface area (TPSA) is 27.7 Å². The van der Waals surface area contributed by atoms with Gasteiger partial charge in [-0.05, 0) is 25.9 Å². The summed E-state index contributed by atoms with van der Waals surface area (Å²) in [5, 5.41) is 0. The highest BCUT2D eigenvalue weighted by molar-refractivity contribution is 6.67. The first-order chi connectivity index (χ1) is 6.74.